The summed E-state index contributed by atoms with van der Waals surface area (Å²) in [6, 6.07) is 9.84. The van der Waals surface area contributed by atoms with Crippen molar-refractivity contribution in [3.05, 3.63) is 54.1 Å². The van der Waals surface area contributed by atoms with Gasteiger partial charge in [0, 0.05) is 38.3 Å². The van der Waals surface area contributed by atoms with E-state index in [9.17, 15) is 18.4 Å². The van der Waals surface area contributed by atoms with Gasteiger partial charge in [0.15, 0.2) is 0 Å². The van der Waals surface area contributed by atoms with Crippen molar-refractivity contribution in [3.63, 3.8) is 0 Å². The number of likely N-dealkylation sites (N-methyl/N-ethyl adjacent to an activating group) is 1. The SMILES string of the molecule is CCCC(=O)N1CC[C@H](N(C)C(=O)Nc2ccc(-c3cc(F)cc(F)c3)cc2)C1. The molecule has 2 aromatic rings. The van der Waals surface area contributed by atoms with Gasteiger partial charge in [-0.1, -0.05) is 19.1 Å². The number of halogens is 2. The molecule has 154 valence electrons. The summed E-state index contributed by atoms with van der Waals surface area (Å²) in [5.74, 6) is -1.14. The normalized spacial score (nSPS) is 16.0. The number of likely N-dealkylation sites (tertiary alicyclic amines) is 1. The van der Waals surface area contributed by atoms with Crippen molar-refractivity contribution < 1.29 is 18.4 Å². The molecule has 1 heterocycles. The molecule has 29 heavy (non-hydrogen) atoms. The zero-order valence-electron chi connectivity index (χ0n) is 16.6. The van der Waals surface area contributed by atoms with E-state index in [1.807, 2.05) is 11.8 Å². The number of amides is 3. The molecule has 1 fully saturated rings. The molecule has 0 spiro atoms. The van der Waals surface area contributed by atoms with E-state index in [0.717, 1.165) is 18.9 Å². The van der Waals surface area contributed by atoms with Gasteiger partial charge >= 0.3 is 6.03 Å². The molecule has 5 nitrogen and oxygen atoms in total. The van der Waals surface area contributed by atoms with Gasteiger partial charge in [-0.05, 0) is 48.2 Å². The quantitative estimate of drug-likeness (QED) is 0.802. The van der Waals surface area contributed by atoms with Crippen LogP contribution in [0, 0.1) is 11.6 Å². The minimum atomic E-state index is -0.637. The third-order valence-electron chi connectivity index (χ3n) is 5.18. The molecular weight excluding hydrogens is 376 g/mol. The van der Waals surface area contributed by atoms with Gasteiger partial charge in [0.05, 0.1) is 6.04 Å². The Morgan fingerprint density at radius 2 is 1.76 bits per heavy atom. The molecule has 0 aromatic heterocycles. The van der Waals surface area contributed by atoms with Crippen LogP contribution in [0.25, 0.3) is 11.1 Å². The molecule has 1 aliphatic rings. The van der Waals surface area contributed by atoms with Crippen molar-refractivity contribution in [1.82, 2.24) is 9.80 Å². The maximum atomic E-state index is 13.4. The third-order valence-corrected chi connectivity index (χ3v) is 5.18. The van der Waals surface area contributed by atoms with Crippen LogP contribution >= 0.6 is 0 Å². The largest absolute Gasteiger partial charge is 0.341 e. The first-order valence-corrected chi connectivity index (χ1v) is 9.75. The van der Waals surface area contributed by atoms with E-state index >= 15 is 0 Å². The standard InChI is InChI=1S/C22H25F2N3O2/c1-3-4-21(28)27-10-9-20(14-27)26(2)22(29)25-19-7-5-15(6-8-19)16-11-17(23)13-18(24)12-16/h5-8,11-13,20H,3-4,9-10,14H2,1-2H3,(H,25,29)/t20-/m0/s1. The van der Waals surface area contributed by atoms with Crippen molar-refractivity contribution in [2.24, 2.45) is 0 Å². The molecule has 0 saturated carbocycles. The summed E-state index contributed by atoms with van der Waals surface area (Å²) in [5, 5.41) is 2.82. The minimum Gasteiger partial charge on any atom is -0.341 e. The van der Waals surface area contributed by atoms with Crippen LogP contribution in [0.2, 0.25) is 0 Å². The zero-order chi connectivity index (χ0) is 21.0. The predicted molar refractivity (Wildman–Crippen MR) is 108 cm³/mol. The van der Waals surface area contributed by atoms with E-state index in [2.05, 4.69) is 5.32 Å². The first kappa shape index (κ1) is 20.8. The van der Waals surface area contributed by atoms with Crippen LogP contribution < -0.4 is 5.32 Å². The molecule has 1 N–H and O–H groups in total. The highest BCUT2D eigenvalue weighted by Gasteiger charge is 2.30. The van der Waals surface area contributed by atoms with Gasteiger partial charge in [-0.15, -0.1) is 0 Å². The fraction of sp³-hybridized carbons (Fsp3) is 0.364. The zero-order valence-corrected chi connectivity index (χ0v) is 16.6. The lowest BCUT2D eigenvalue weighted by atomic mass is 10.1. The number of hydrogen-bond acceptors (Lipinski definition) is 2. The van der Waals surface area contributed by atoms with Crippen LogP contribution in [0.1, 0.15) is 26.2 Å². The minimum absolute atomic E-state index is 0.0228. The molecule has 2 aromatic carbocycles. The molecule has 3 amide bonds. The fourth-order valence-corrected chi connectivity index (χ4v) is 3.50. The number of urea groups is 1. The summed E-state index contributed by atoms with van der Waals surface area (Å²) in [6.45, 7) is 3.19. The highest BCUT2D eigenvalue weighted by molar-refractivity contribution is 5.90. The lowest BCUT2D eigenvalue weighted by Crippen LogP contribution is -2.42. The average Bonchev–Trinajstić information content (AvgIpc) is 3.17. The first-order chi connectivity index (χ1) is 13.9. The van der Waals surface area contributed by atoms with Crippen LogP contribution in [-0.2, 0) is 4.79 Å². The molecular formula is C22H25F2N3O2. The number of anilines is 1. The Morgan fingerprint density at radius 1 is 1.10 bits per heavy atom. The number of benzene rings is 2. The second kappa shape index (κ2) is 9.03. The molecule has 1 atom stereocenters. The van der Waals surface area contributed by atoms with Crippen LogP contribution in [-0.4, -0.2) is 47.9 Å². The van der Waals surface area contributed by atoms with Crippen LogP contribution in [0.15, 0.2) is 42.5 Å². The number of nitrogens with zero attached hydrogens (tertiary/aromatic N) is 2. The highest BCUT2D eigenvalue weighted by Crippen LogP contribution is 2.24. The summed E-state index contributed by atoms with van der Waals surface area (Å²) in [4.78, 5) is 28.0. The molecule has 1 saturated heterocycles. The van der Waals surface area contributed by atoms with Crippen molar-refractivity contribution in [1.29, 1.82) is 0 Å². The molecule has 0 aliphatic carbocycles. The van der Waals surface area contributed by atoms with Crippen molar-refractivity contribution in [2.45, 2.75) is 32.2 Å². The summed E-state index contributed by atoms with van der Waals surface area (Å²) in [7, 11) is 1.72. The van der Waals surface area contributed by atoms with Crippen molar-refractivity contribution >= 4 is 17.6 Å². The molecule has 3 rings (SSSR count). The smallest absolute Gasteiger partial charge is 0.321 e. The molecule has 0 bridgehead atoms. The first-order valence-electron chi connectivity index (χ1n) is 9.75. The van der Waals surface area contributed by atoms with E-state index in [1.54, 1.807) is 36.2 Å². The van der Waals surface area contributed by atoms with Gasteiger partial charge in [-0.2, -0.15) is 0 Å². The van der Waals surface area contributed by atoms with E-state index in [1.165, 1.54) is 12.1 Å². The average molecular weight is 401 g/mol. The van der Waals surface area contributed by atoms with E-state index in [0.29, 0.717) is 36.3 Å². The van der Waals surface area contributed by atoms with Gasteiger partial charge in [0.25, 0.3) is 0 Å². The lowest BCUT2D eigenvalue weighted by molar-refractivity contribution is -0.130. The topological polar surface area (TPSA) is 52.7 Å². The Kier molecular flexibility index (Phi) is 6.46. The Balaban J connectivity index is 1.60. The van der Waals surface area contributed by atoms with Gasteiger partial charge in [-0.25, -0.2) is 13.6 Å². The van der Waals surface area contributed by atoms with E-state index in [-0.39, 0.29) is 18.0 Å². The molecule has 0 radical (unpaired) electrons. The second-order valence-corrected chi connectivity index (χ2v) is 7.31. The predicted octanol–water partition coefficient (Wildman–Crippen LogP) is 4.50. The van der Waals surface area contributed by atoms with Gasteiger partial charge in [-0.3, -0.25) is 4.79 Å². The maximum absolute atomic E-state index is 13.4. The van der Waals surface area contributed by atoms with Gasteiger partial charge in [0.2, 0.25) is 5.91 Å². The van der Waals surface area contributed by atoms with Crippen LogP contribution in [0.3, 0.4) is 0 Å². The maximum Gasteiger partial charge on any atom is 0.321 e. The monoisotopic (exact) mass is 401 g/mol. The van der Waals surface area contributed by atoms with Crippen molar-refractivity contribution in [3.8, 4) is 11.1 Å². The Labute approximate surface area is 169 Å². The number of carbonyl (C=O) groups excluding carboxylic acids is 2. The summed E-state index contributed by atoms with van der Waals surface area (Å²) in [6.07, 6.45) is 2.10. The number of rotatable bonds is 5. The van der Waals surface area contributed by atoms with E-state index < -0.39 is 11.6 Å². The Hall–Kier alpha value is -2.96. The van der Waals surface area contributed by atoms with Crippen LogP contribution in [0.5, 0.6) is 0 Å². The number of nitrogens with one attached hydrogen (secondary N) is 1. The second-order valence-electron chi connectivity index (χ2n) is 7.31. The molecule has 7 heteroatoms. The molecule has 0 unspecified atom stereocenters. The van der Waals surface area contributed by atoms with Gasteiger partial charge < -0.3 is 15.1 Å². The van der Waals surface area contributed by atoms with E-state index in [4.69, 9.17) is 0 Å². The van der Waals surface area contributed by atoms with Crippen molar-refractivity contribution in [2.75, 3.05) is 25.5 Å². The Morgan fingerprint density at radius 3 is 2.38 bits per heavy atom. The third kappa shape index (κ3) is 5.10. The Bertz CT molecular complexity index is 866. The fourth-order valence-electron chi connectivity index (χ4n) is 3.50. The number of carbonyl (C=O) groups is 2. The highest BCUT2D eigenvalue weighted by atomic mass is 19.1. The van der Waals surface area contributed by atoms with Crippen LogP contribution in [0.4, 0.5) is 19.3 Å². The van der Waals surface area contributed by atoms with Gasteiger partial charge in [0.1, 0.15) is 11.6 Å². The summed E-state index contributed by atoms with van der Waals surface area (Å²) >= 11 is 0. The molecule has 1 aliphatic heterocycles. The summed E-state index contributed by atoms with van der Waals surface area (Å²) < 4.78 is 26.8. The summed E-state index contributed by atoms with van der Waals surface area (Å²) in [5.41, 5.74) is 1.66. The lowest BCUT2D eigenvalue weighted by Gasteiger charge is -2.25. The number of hydrogen-bond donors (Lipinski definition) is 1.